The number of carbonyl (C=O) groups is 1. The van der Waals surface area contributed by atoms with Crippen molar-refractivity contribution < 1.29 is 9.90 Å². The van der Waals surface area contributed by atoms with Crippen LogP contribution in [0.1, 0.15) is 49.7 Å². The summed E-state index contributed by atoms with van der Waals surface area (Å²) >= 11 is 0. The first-order valence-corrected chi connectivity index (χ1v) is 6.74. The van der Waals surface area contributed by atoms with Crippen LogP contribution in [0.2, 0.25) is 0 Å². The van der Waals surface area contributed by atoms with Gasteiger partial charge in [0.25, 0.3) is 5.91 Å². The van der Waals surface area contributed by atoms with Gasteiger partial charge in [0.15, 0.2) is 0 Å². The first kappa shape index (κ1) is 15.6. The summed E-state index contributed by atoms with van der Waals surface area (Å²) in [4.78, 5) is 16.1. The smallest absolute Gasteiger partial charge is 0.253 e. The summed E-state index contributed by atoms with van der Waals surface area (Å²) in [6.07, 6.45) is 3.27. The van der Waals surface area contributed by atoms with E-state index in [1.807, 2.05) is 0 Å². The minimum Gasteiger partial charge on any atom is -0.388 e. The molecule has 1 rings (SSSR count). The molecule has 19 heavy (non-hydrogen) atoms. The molecule has 4 heteroatoms. The highest BCUT2D eigenvalue weighted by Crippen LogP contribution is 2.15. The van der Waals surface area contributed by atoms with Crippen LogP contribution in [0.15, 0.2) is 18.3 Å². The van der Waals surface area contributed by atoms with E-state index in [-0.39, 0.29) is 12.5 Å². The Morgan fingerprint density at radius 3 is 2.79 bits per heavy atom. The van der Waals surface area contributed by atoms with E-state index < -0.39 is 5.60 Å². The number of aryl methyl sites for hydroxylation is 1. The fraction of sp³-hybridized carbons (Fsp3) is 0.600. The van der Waals surface area contributed by atoms with Crippen molar-refractivity contribution in [2.24, 2.45) is 5.92 Å². The van der Waals surface area contributed by atoms with Gasteiger partial charge in [-0.3, -0.25) is 9.78 Å². The molecule has 0 bridgehead atoms. The monoisotopic (exact) mass is 264 g/mol. The lowest BCUT2D eigenvalue weighted by molar-refractivity contribution is 0.0429. The SMILES string of the molecule is Cc1ncccc1C(=O)NC[C@@](C)(O)CCC(C)C. The van der Waals surface area contributed by atoms with Crippen LogP contribution in [-0.4, -0.2) is 28.1 Å². The van der Waals surface area contributed by atoms with Gasteiger partial charge in [0, 0.05) is 18.4 Å². The highest BCUT2D eigenvalue weighted by molar-refractivity contribution is 5.95. The molecule has 0 unspecified atom stereocenters. The maximum absolute atomic E-state index is 12.0. The Labute approximate surface area is 115 Å². The second-order valence-electron chi connectivity index (χ2n) is 5.75. The van der Waals surface area contributed by atoms with Crippen molar-refractivity contribution in [3.05, 3.63) is 29.6 Å². The van der Waals surface area contributed by atoms with E-state index in [4.69, 9.17) is 0 Å². The highest BCUT2D eigenvalue weighted by Gasteiger charge is 2.22. The lowest BCUT2D eigenvalue weighted by Crippen LogP contribution is -2.41. The Kier molecular flexibility index (Phi) is 5.48. The molecule has 1 heterocycles. The Morgan fingerprint density at radius 2 is 2.21 bits per heavy atom. The molecule has 0 aromatic carbocycles. The van der Waals surface area contributed by atoms with E-state index in [1.165, 1.54) is 0 Å². The topological polar surface area (TPSA) is 62.2 Å². The van der Waals surface area contributed by atoms with E-state index in [0.717, 1.165) is 6.42 Å². The van der Waals surface area contributed by atoms with Crippen molar-refractivity contribution in [3.8, 4) is 0 Å². The van der Waals surface area contributed by atoms with Crippen molar-refractivity contribution >= 4 is 5.91 Å². The molecular formula is C15H24N2O2. The van der Waals surface area contributed by atoms with Crippen molar-refractivity contribution in [1.82, 2.24) is 10.3 Å². The standard InChI is InChI=1S/C15H24N2O2/c1-11(2)7-8-15(4,19)10-17-14(18)13-6-5-9-16-12(13)3/h5-6,9,11,19H,7-8,10H2,1-4H3,(H,17,18)/t15-/m0/s1. The van der Waals surface area contributed by atoms with E-state index in [1.54, 1.807) is 32.2 Å². The van der Waals surface area contributed by atoms with Crippen LogP contribution in [0, 0.1) is 12.8 Å². The molecule has 106 valence electrons. The molecule has 0 aliphatic heterocycles. The second kappa shape index (κ2) is 6.66. The van der Waals surface area contributed by atoms with Crippen molar-refractivity contribution in [2.45, 2.75) is 46.1 Å². The third kappa shape index (κ3) is 5.39. The van der Waals surface area contributed by atoms with E-state index >= 15 is 0 Å². The van der Waals surface area contributed by atoms with Gasteiger partial charge in [-0.25, -0.2) is 0 Å². The number of hydrogen-bond acceptors (Lipinski definition) is 3. The molecule has 0 saturated heterocycles. The summed E-state index contributed by atoms with van der Waals surface area (Å²) in [6.45, 7) is 8.05. The van der Waals surface area contributed by atoms with Gasteiger partial charge >= 0.3 is 0 Å². The van der Waals surface area contributed by atoms with E-state index in [0.29, 0.717) is 23.6 Å². The minimum atomic E-state index is -0.865. The Hall–Kier alpha value is -1.42. The van der Waals surface area contributed by atoms with Crippen LogP contribution in [0.5, 0.6) is 0 Å². The van der Waals surface area contributed by atoms with Gasteiger partial charge < -0.3 is 10.4 Å². The molecule has 1 aromatic rings. The molecule has 0 fully saturated rings. The van der Waals surface area contributed by atoms with Gasteiger partial charge in [0.05, 0.1) is 11.2 Å². The molecule has 0 aliphatic rings. The highest BCUT2D eigenvalue weighted by atomic mass is 16.3. The van der Waals surface area contributed by atoms with Crippen molar-refractivity contribution in [2.75, 3.05) is 6.54 Å². The number of rotatable bonds is 6. The van der Waals surface area contributed by atoms with Gasteiger partial charge in [0.2, 0.25) is 0 Å². The van der Waals surface area contributed by atoms with E-state index in [9.17, 15) is 9.90 Å². The van der Waals surface area contributed by atoms with Crippen LogP contribution >= 0.6 is 0 Å². The Balaban J connectivity index is 2.52. The number of aliphatic hydroxyl groups is 1. The minimum absolute atomic E-state index is 0.185. The summed E-state index contributed by atoms with van der Waals surface area (Å²) in [5, 5.41) is 13.0. The quantitative estimate of drug-likeness (QED) is 0.828. The van der Waals surface area contributed by atoms with Gasteiger partial charge in [-0.1, -0.05) is 13.8 Å². The predicted octanol–water partition coefficient (Wildman–Crippen LogP) is 2.31. The molecule has 0 spiro atoms. The Morgan fingerprint density at radius 1 is 1.53 bits per heavy atom. The third-order valence-electron chi connectivity index (χ3n) is 3.14. The zero-order chi connectivity index (χ0) is 14.5. The van der Waals surface area contributed by atoms with Crippen LogP contribution in [0.3, 0.4) is 0 Å². The van der Waals surface area contributed by atoms with Crippen LogP contribution in [0.25, 0.3) is 0 Å². The molecule has 0 aliphatic carbocycles. The van der Waals surface area contributed by atoms with E-state index in [2.05, 4.69) is 24.1 Å². The molecular weight excluding hydrogens is 240 g/mol. The number of nitrogens with one attached hydrogen (secondary N) is 1. The number of carbonyl (C=O) groups excluding carboxylic acids is 1. The molecule has 2 N–H and O–H groups in total. The van der Waals surface area contributed by atoms with Crippen LogP contribution < -0.4 is 5.32 Å². The predicted molar refractivity (Wildman–Crippen MR) is 76.0 cm³/mol. The number of aromatic nitrogens is 1. The lowest BCUT2D eigenvalue weighted by atomic mass is 9.95. The first-order valence-electron chi connectivity index (χ1n) is 6.74. The van der Waals surface area contributed by atoms with Crippen molar-refractivity contribution in [1.29, 1.82) is 0 Å². The average Bonchev–Trinajstić information content (AvgIpc) is 2.34. The maximum Gasteiger partial charge on any atom is 0.253 e. The summed E-state index contributed by atoms with van der Waals surface area (Å²) in [5.41, 5.74) is 0.389. The summed E-state index contributed by atoms with van der Waals surface area (Å²) < 4.78 is 0. The number of amides is 1. The van der Waals surface area contributed by atoms with Gasteiger partial charge in [-0.05, 0) is 44.7 Å². The summed E-state index contributed by atoms with van der Waals surface area (Å²) in [6, 6.07) is 3.47. The van der Waals surface area contributed by atoms with Gasteiger partial charge in [-0.2, -0.15) is 0 Å². The number of nitrogens with zero attached hydrogens (tertiary/aromatic N) is 1. The van der Waals surface area contributed by atoms with Crippen LogP contribution in [-0.2, 0) is 0 Å². The fourth-order valence-corrected chi connectivity index (χ4v) is 1.78. The molecule has 4 nitrogen and oxygen atoms in total. The zero-order valence-corrected chi connectivity index (χ0v) is 12.2. The second-order valence-corrected chi connectivity index (χ2v) is 5.75. The molecule has 1 aromatic heterocycles. The van der Waals surface area contributed by atoms with Gasteiger partial charge in [-0.15, -0.1) is 0 Å². The van der Waals surface area contributed by atoms with Gasteiger partial charge in [0.1, 0.15) is 0 Å². The van der Waals surface area contributed by atoms with Crippen LogP contribution in [0.4, 0.5) is 0 Å². The molecule has 1 atom stereocenters. The number of hydrogen-bond donors (Lipinski definition) is 2. The molecule has 0 radical (unpaired) electrons. The Bertz CT molecular complexity index is 428. The number of pyridine rings is 1. The molecule has 0 saturated carbocycles. The average molecular weight is 264 g/mol. The zero-order valence-electron chi connectivity index (χ0n) is 12.2. The van der Waals surface area contributed by atoms with Crippen molar-refractivity contribution in [3.63, 3.8) is 0 Å². The molecule has 1 amide bonds. The summed E-state index contributed by atoms with van der Waals surface area (Å²) in [5.74, 6) is 0.359. The third-order valence-corrected chi connectivity index (χ3v) is 3.14. The largest absolute Gasteiger partial charge is 0.388 e. The summed E-state index contributed by atoms with van der Waals surface area (Å²) in [7, 11) is 0. The normalized spacial score (nSPS) is 14.2. The lowest BCUT2D eigenvalue weighted by Gasteiger charge is -2.24. The maximum atomic E-state index is 12.0. The fourth-order valence-electron chi connectivity index (χ4n) is 1.78. The first-order chi connectivity index (χ1) is 8.82.